The largest absolute Gasteiger partial charge is 0.497 e. The predicted octanol–water partition coefficient (Wildman–Crippen LogP) is 5.43. The van der Waals surface area contributed by atoms with E-state index in [9.17, 15) is 9.59 Å². The van der Waals surface area contributed by atoms with Crippen molar-refractivity contribution in [2.75, 3.05) is 7.11 Å². The van der Waals surface area contributed by atoms with E-state index in [1.165, 1.54) is 6.07 Å². The summed E-state index contributed by atoms with van der Waals surface area (Å²) in [7, 11) is 1.58. The Kier molecular flexibility index (Phi) is 4.52. The average molecular weight is 412 g/mol. The van der Waals surface area contributed by atoms with Crippen LogP contribution in [0.3, 0.4) is 0 Å². The zero-order chi connectivity index (χ0) is 21.4. The first-order valence-electron chi connectivity index (χ1n) is 9.54. The van der Waals surface area contributed by atoms with Crippen LogP contribution in [-0.2, 0) is 0 Å². The molecule has 0 N–H and O–H groups in total. The van der Waals surface area contributed by atoms with Crippen LogP contribution in [0.15, 0.2) is 92.5 Å². The highest BCUT2D eigenvalue weighted by Crippen LogP contribution is 2.27. The van der Waals surface area contributed by atoms with E-state index in [1.807, 2.05) is 18.2 Å². The normalized spacial score (nSPS) is 11.0. The fourth-order valence-electron chi connectivity index (χ4n) is 3.37. The minimum Gasteiger partial charge on any atom is -0.497 e. The molecule has 6 heteroatoms. The van der Waals surface area contributed by atoms with Gasteiger partial charge in [-0.05, 0) is 48.0 Å². The Morgan fingerprint density at radius 3 is 2.29 bits per heavy atom. The van der Waals surface area contributed by atoms with Gasteiger partial charge in [0, 0.05) is 16.8 Å². The number of hydrogen-bond acceptors (Lipinski definition) is 6. The number of hydrogen-bond donors (Lipinski definition) is 0. The topological polar surface area (TPSA) is 78.9 Å². The van der Waals surface area contributed by atoms with Crippen molar-refractivity contribution in [1.29, 1.82) is 0 Å². The zero-order valence-corrected chi connectivity index (χ0v) is 16.5. The highest BCUT2D eigenvalue weighted by molar-refractivity contribution is 5.94. The van der Waals surface area contributed by atoms with Crippen molar-refractivity contribution in [1.82, 2.24) is 0 Å². The van der Waals surface area contributed by atoms with Gasteiger partial charge in [0.25, 0.3) is 0 Å². The van der Waals surface area contributed by atoms with Crippen LogP contribution in [0.2, 0.25) is 0 Å². The third kappa shape index (κ3) is 3.55. The van der Waals surface area contributed by atoms with Crippen LogP contribution < -0.4 is 15.1 Å². The highest BCUT2D eigenvalue weighted by atomic mass is 16.5. The van der Waals surface area contributed by atoms with Gasteiger partial charge >= 0.3 is 11.6 Å². The van der Waals surface area contributed by atoms with Gasteiger partial charge in [-0.25, -0.2) is 9.59 Å². The summed E-state index contributed by atoms with van der Waals surface area (Å²) in [6.45, 7) is 0. The molecule has 0 saturated heterocycles. The molecule has 0 unspecified atom stereocenters. The van der Waals surface area contributed by atoms with Crippen molar-refractivity contribution in [2.45, 2.75) is 0 Å². The molecule has 0 spiro atoms. The molecule has 0 aliphatic heterocycles. The van der Waals surface area contributed by atoms with Gasteiger partial charge in [0.1, 0.15) is 22.7 Å². The summed E-state index contributed by atoms with van der Waals surface area (Å²) in [6.07, 6.45) is 0. The second-order valence-electron chi connectivity index (χ2n) is 6.91. The van der Waals surface area contributed by atoms with Gasteiger partial charge < -0.3 is 18.3 Å². The summed E-state index contributed by atoms with van der Waals surface area (Å²) < 4.78 is 21.6. The molecule has 0 radical (unpaired) electrons. The molecule has 3 aromatic carbocycles. The van der Waals surface area contributed by atoms with Crippen molar-refractivity contribution < 1.29 is 23.1 Å². The molecule has 0 aliphatic rings. The van der Waals surface area contributed by atoms with Crippen molar-refractivity contribution in [3.8, 4) is 22.6 Å². The number of carbonyl (C=O) groups is 1. The Hall–Kier alpha value is -4.32. The molecule has 0 bridgehead atoms. The lowest BCUT2D eigenvalue weighted by Gasteiger charge is -2.06. The number of esters is 1. The van der Waals surface area contributed by atoms with E-state index in [2.05, 4.69) is 0 Å². The summed E-state index contributed by atoms with van der Waals surface area (Å²) in [5, 5.41) is 1.51. The van der Waals surface area contributed by atoms with E-state index in [-0.39, 0.29) is 11.5 Å². The van der Waals surface area contributed by atoms with Gasteiger partial charge in [0.05, 0.1) is 12.7 Å². The molecule has 6 nitrogen and oxygen atoms in total. The number of ether oxygens (including phenoxy) is 2. The Balaban J connectivity index is 1.44. The van der Waals surface area contributed by atoms with Crippen LogP contribution in [0.25, 0.3) is 33.1 Å². The number of furan rings is 1. The monoisotopic (exact) mass is 412 g/mol. The van der Waals surface area contributed by atoms with E-state index < -0.39 is 11.6 Å². The number of carbonyl (C=O) groups excluding carboxylic acids is 1. The Labute approximate surface area is 176 Å². The molecular formula is C25H16O6. The van der Waals surface area contributed by atoms with Crippen LogP contribution in [0, 0.1) is 0 Å². The lowest BCUT2D eigenvalue weighted by Crippen LogP contribution is -2.07. The van der Waals surface area contributed by atoms with Crippen molar-refractivity contribution in [3.05, 3.63) is 95.0 Å². The Bertz CT molecular complexity index is 1440. The van der Waals surface area contributed by atoms with E-state index in [0.29, 0.717) is 27.9 Å². The number of rotatable bonds is 4. The lowest BCUT2D eigenvalue weighted by atomic mass is 10.1. The Morgan fingerprint density at radius 1 is 0.774 bits per heavy atom. The molecule has 2 heterocycles. The summed E-state index contributed by atoms with van der Waals surface area (Å²) >= 11 is 0. The third-order valence-electron chi connectivity index (χ3n) is 4.95. The second-order valence-corrected chi connectivity index (χ2v) is 6.91. The SMILES string of the molecule is COc1ccc(-c2cc3ccc(OC(=O)c4cc5ccccc5o4)cc3oc2=O)cc1. The predicted molar refractivity (Wildman–Crippen MR) is 116 cm³/mol. The number of fused-ring (bicyclic) bond motifs is 2. The minimum atomic E-state index is -0.632. The van der Waals surface area contributed by atoms with Crippen LogP contribution in [0.4, 0.5) is 0 Å². The Morgan fingerprint density at radius 2 is 1.52 bits per heavy atom. The zero-order valence-electron chi connectivity index (χ0n) is 16.5. The van der Waals surface area contributed by atoms with Crippen LogP contribution >= 0.6 is 0 Å². The molecule has 0 saturated carbocycles. The maximum Gasteiger partial charge on any atom is 0.379 e. The first kappa shape index (κ1) is 18.7. The first-order chi connectivity index (χ1) is 15.1. The summed E-state index contributed by atoms with van der Waals surface area (Å²) in [5.74, 6) is 0.411. The lowest BCUT2D eigenvalue weighted by molar-refractivity contribution is 0.0704. The number of para-hydroxylation sites is 1. The van der Waals surface area contributed by atoms with E-state index >= 15 is 0 Å². The molecule has 31 heavy (non-hydrogen) atoms. The van der Waals surface area contributed by atoms with Gasteiger partial charge in [-0.2, -0.15) is 0 Å². The first-order valence-corrected chi connectivity index (χ1v) is 9.54. The van der Waals surface area contributed by atoms with Crippen molar-refractivity contribution >= 4 is 27.9 Å². The number of methoxy groups -OCH3 is 1. The summed E-state index contributed by atoms with van der Waals surface area (Å²) in [4.78, 5) is 25.0. The summed E-state index contributed by atoms with van der Waals surface area (Å²) in [6, 6.07) is 22.7. The molecule has 0 aliphatic carbocycles. The second kappa shape index (κ2) is 7.50. The molecule has 0 atom stereocenters. The van der Waals surface area contributed by atoms with Gasteiger partial charge in [-0.15, -0.1) is 0 Å². The van der Waals surface area contributed by atoms with Gasteiger partial charge in [-0.3, -0.25) is 0 Å². The van der Waals surface area contributed by atoms with Crippen LogP contribution in [0.5, 0.6) is 11.5 Å². The van der Waals surface area contributed by atoms with Crippen molar-refractivity contribution in [3.63, 3.8) is 0 Å². The van der Waals surface area contributed by atoms with Gasteiger partial charge in [0.2, 0.25) is 5.76 Å². The fourth-order valence-corrected chi connectivity index (χ4v) is 3.37. The van der Waals surface area contributed by atoms with E-state index in [1.54, 1.807) is 61.7 Å². The molecule has 0 amide bonds. The van der Waals surface area contributed by atoms with Gasteiger partial charge in [0.15, 0.2) is 0 Å². The maximum absolute atomic E-state index is 12.5. The smallest absolute Gasteiger partial charge is 0.379 e. The fraction of sp³-hybridized carbons (Fsp3) is 0.0400. The van der Waals surface area contributed by atoms with E-state index in [0.717, 1.165) is 10.9 Å². The van der Waals surface area contributed by atoms with Crippen LogP contribution in [-0.4, -0.2) is 13.1 Å². The molecule has 152 valence electrons. The average Bonchev–Trinajstić information content (AvgIpc) is 3.23. The highest BCUT2D eigenvalue weighted by Gasteiger charge is 2.16. The minimum absolute atomic E-state index is 0.0950. The third-order valence-corrected chi connectivity index (χ3v) is 4.95. The molecule has 2 aromatic heterocycles. The number of benzene rings is 3. The van der Waals surface area contributed by atoms with E-state index in [4.69, 9.17) is 18.3 Å². The molecule has 0 fully saturated rings. The molecular weight excluding hydrogens is 396 g/mol. The van der Waals surface area contributed by atoms with Crippen molar-refractivity contribution in [2.24, 2.45) is 0 Å². The standard InChI is InChI=1S/C25H16O6/c1-28-18-9-6-15(7-10-18)20-12-17-8-11-19(14-22(17)31-24(20)26)29-25(27)23-13-16-4-2-3-5-21(16)30-23/h2-14H,1H3. The molecule has 5 aromatic rings. The maximum atomic E-state index is 12.5. The quantitative estimate of drug-likeness (QED) is 0.222. The van der Waals surface area contributed by atoms with Crippen LogP contribution in [0.1, 0.15) is 10.6 Å². The van der Waals surface area contributed by atoms with Gasteiger partial charge in [-0.1, -0.05) is 30.3 Å². The summed E-state index contributed by atoms with van der Waals surface area (Å²) in [5.41, 5.74) is 1.58. The molecule has 5 rings (SSSR count).